The Labute approximate surface area is 217 Å². The number of aromatic amines is 1. The molecule has 0 radical (unpaired) electrons. The summed E-state index contributed by atoms with van der Waals surface area (Å²) in [6.45, 7) is 0.320. The van der Waals surface area contributed by atoms with Gasteiger partial charge in [0.05, 0.1) is 24.6 Å². The van der Waals surface area contributed by atoms with Crippen LogP contribution in [0.5, 0.6) is 17.2 Å². The number of fused-ring (bicyclic) bond motifs is 1. The van der Waals surface area contributed by atoms with Crippen LogP contribution in [0.25, 0.3) is 10.9 Å². The number of H-pyrrole nitrogens is 1. The van der Waals surface area contributed by atoms with E-state index in [1.54, 1.807) is 49.6 Å². The van der Waals surface area contributed by atoms with Gasteiger partial charge >= 0.3 is 0 Å². The average Bonchev–Trinajstić information content (AvgIpc) is 2.92. The van der Waals surface area contributed by atoms with Crippen molar-refractivity contribution in [3.05, 3.63) is 123 Å². The number of nitrogens with zero attached hydrogens (tertiary/aromatic N) is 1. The van der Waals surface area contributed by atoms with Crippen molar-refractivity contribution in [3.63, 3.8) is 0 Å². The molecule has 0 aliphatic rings. The number of carbonyl (C=O) groups is 1. The number of para-hydroxylation sites is 1. The molecule has 0 unspecified atom stereocenters. The zero-order chi connectivity index (χ0) is 25.8. The zero-order valence-electron chi connectivity index (χ0n) is 19.9. The van der Waals surface area contributed by atoms with E-state index in [0.29, 0.717) is 34.4 Å². The van der Waals surface area contributed by atoms with Gasteiger partial charge in [0, 0.05) is 11.3 Å². The summed E-state index contributed by atoms with van der Waals surface area (Å²) in [5.74, 6) is 1.83. The predicted octanol–water partition coefficient (Wildman–Crippen LogP) is 6.16. The van der Waals surface area contributed by atoms with Gasteiger partial charge in [-0.1, -0.05) is 30.3 Å². The molecule has 5 aromatic rings. The van der Waals surface area contributed by atoms with Crippen molar-refractivity contribution >= 4 is 34.7 Å². The maximum atomic E-state index is 13.2. The molecular formula is C29H23N3O4S. The SMILES string of the molecule is COc1ccc(Cn2c(=S)[nH]c3cc(C(=O)Nc4ccc(Oc5ccccc5)cc4)ccc3c2=O)cc1. The van der Waals surface area contributed by atoms with Crippen molar-refractivity contribution in [3.8, 4) is 17.2 Å². The van der Waals surface area contributed by atoms with Crippen molar-refractivity contribution < 1.29 is 14.3 Å². The molecule has 0 saturated heterocycles. The fourth-order valence-corrected chi connectivity index (χ4v) is 4.14. The minimum atomic E-state index is -0.305. The molecule has 0 fully saturated rings. The summed E-state index contributed by atoms with van der Waals surface area (Å²) in [6.07, 6.45) is 0. The highest BCUT2D eigenvalue weighted by Crippen LogP contribution is 2.23. The van der Waals surface area contributed by atoms with Gasteiger partial charge in [0.15, 0.2) is 4.77 Å². The monoisotopic (exact) mass is 509 g/mol. The third-order valence-electron chi connectivity index (χ3n) is 5.83. The minimum absolute atomic E-state index is 0.226. The number of amides is 1. The van der Waals surface area contributed by atoms with Gasteiger partial charge in [-0.15, -0.1) is 0 Å². The number of anilines is 1. The summed E-state index contributed by atoms with van der Waals surface area (Å²) in [7, 11) is 1.60. The van der Waals surface area contributed by atoms with Crippen LogP contribution in [0.3, 0.4) is 0 Å². The summed E-state index contributed by atoms with van der Waals surface area (Å²) in [5, 5.41) is 3.31. The zero-order valence-corrected chi connectivity index (χ0v) is 20.7. The lowest BCUT2D eigenvalue weighted by Gasteiger charge is -2.11. The fourth-order valence-electron chi connectivity index (χ4n) is 3.89. The molecule has 5 rings (SSSR count). The van der Waals surface area contributed by atoms with Gasteiger partial charge in [-0.3, -0.25) is 14.2 Å². The van der Waals surface area contributed by atoms with Gasteiger partial charge < -0.3 is 19.8 Å². The van der Waals surface area contributed by atoms with Gasteiger partial charge in [0.2, 0.25) is 0 Å². The van der Waals surface area contributed by atoms with E-state index < -0.39 is 0 Å². The first kappa shape index (κ1) is 24.0. The molecule has 184 valence electrons. The summed E-state index contributed by atoms with van der Waals surface area (Å²) < 4.78 is 12.7. The van der Waals surface area contributed by atoms with Gasteiger partial charge in [-0.05, 0) is 84.5 Å². The van der Waals surface area contributed by atoms with Crippen molar-refractivity contribution in [2.45, 2.75) is 6.54 Å². The number of hydrogen-bond donors (Lipinski definition) is 2. The van der Waals surface area contributed by atoms with Gasteiger partial charge in [-0.25, -0.2) is 0 Å². The normalized spacial score (nSPS) is 10.7. The second kappa shape index (κ2) is 10.5. The van der Waals surface area contributed by atoms with E-state index >= 15 is 0 Å². The molecule has 0 bridgehead atoms. The number of benzene rings is 4. The molecule has 7 nitrogen and oxygen atoms in total. The fraction of sp³-hybridized carbons (Fsp3) is 0.0690. The summed E-state index contributed by atoms with van der Waals surface area (Å²) in [6, 6.07) is 28.9. The van der Waals surface area contributed by atoms with Crippen LogP contribution in [-0.2, 0) is 6.54 Å². The largest absolute Gasteiger partial charge is 0.497 e. The number of methoxy groups -OCH3 is 1. The van der Waals surface area contributed by atoms with E-state index in [0.717, 1.165) is 17.1 Å². The van der Waals surface area contributed by atoms with E-state index in [9.17, 15) is 9.59 Å². The third kappa shape index (κ3) is 5.44. The van der Waals surface area contributed by atoms with E-state index in [-0.39, 0.29) is 16.2 Å². The van der Waals surface area contributed by atoms with Crippen molar-refractivity contribution in [1.29, 1.82) is 0 Å². The highest BCUT2D eigenvalue weighted by molar-refractivity contribution is 7.71. The highest BCUT2D eigenvalue weighted by atomic mass is 32.1. The molecule has 1 amide bonds. The average molecular weight is 510 g/mol. The number of carbonyl (C=O) groups excluding carboxylic acids is 1. The molecule has 37 heavy (non-hydrogen) atoms. The van der Waals surface area contributed by atoms with Crippen LogP contribution in [-0.4, -0.2) is 22.6 Å². The van der Waals surface area contributed by atoms with E-state index in [1.165, 1.54) is 4.57 Å². The topological polar surface area (TPSA) is 85.3 Å². The number of ether oxygens (including phenoxy) is 2. The molecule has 0 atom stereocenters. The predicted molar refractivity (Wildman–Crippen MR) is 146 cm³/mol. The Bertz CT molecular complexity index is 1680. The van der Waals surface area contributed by atoms with E-state index in [2.05, 4.69) is 10.3 Å². The van der Waals surface area contributed by atoms with Gasteiger partial charge in [-0.2, -0.15) is 0 Å². The molecule has 0 aliphatic carbocycles. The van der Waals surface area contributed by atoms with Crippen LogP contribution < -0.4 is 20.3 Å². The molecule has 0 aliphatic heterocycles. The Morgan fingerprint density at radius 2 is 1.57 bits per heavy atom. The quantitative estimate of drug-likeness (QED) is 0.257. The highest BCUT2D eigenvalue weighted by Gasteiger charge is 2.12. The molecule has 0 saturated carbocycles. The second-order valence-corrected chi connectivity index (χ2v) is 8.71. The van der Waals surface area contributed by atoms with E-state index in [1.807, 2.05) is 54.6 Å². The van der Waals surface area contributed by atoms with Crippen LogP contribution in [0.1, 0.15) is 15.9 Å². The number of rotatable bonds is 7. The summed E-state index contributed by atoms with van der Waals surface area (Å²) in [5.41, 5.74) is 2.21. The van der Waals surface area contributed by atoms with Crippen LogP contribution in [0, 0.1) is 4.77 Å². The smallest absolute Gasteiger partial charge is 0.262 e. The Kier molecular flexibility index (Phi) is 6.83. The number of hydrogen-bond acceptors (Lipinski definition) is 5. The number of aromatic nitrogens is 2. The van der Waals surface area contributed by atoms with Gasteiger partial charge in [0.1, 0.15) is 17.2 Å². The first-order valence-corrected chi connectivity index (χ1v) is 11.9. The Morgan fingerprint density at radius 3 is 2.27 bits per heavy atom. The van der Waals surface area contributed by atoms with Crippen molar-refractivity contribution in [1.82, 2.24) is 9.55 Å². The van der Waals surface area contributed by atoms with Crippen LogP contribution >= 0.6 is 12.2 Å². The molecule has 2 N–H and O–H groups in total. The summed E-state index contributed by atoms with van der Waals surface area (Å²) in [4.78, 5) is 29.1. The standard InChI is InChI=1S/C29H23N3O4S/c1-35-22-12-7-19(8-13-22)18-32-28(34)25-16-9-20(17-26(25)31-29(32)37)27(33)30-21-10-14-24(15-11-21)36-23-5-3-2-4-6-23/h2-17H,18H2,1H3,(H,30,33)(H,31,37). The summed E-state index contributed by atoms with van der Waals surface area (Å²) >= 11 is 5.46. The lowest BCUT2D eigenvalue weighted by Crippen LogP contribution is -2.23. The Morgan fingerprint density at radius 1 is 0.892 bits per heavy atom. The van der Waals surface area contributed by atoms with Crippen LogP contribution in [0.15, 0.2) is 102 Å². The van der Waals surface area contributed by atoms with Crippen LogP contribution in [0.4, 0.5) is 5.69 Å². The Balaban J connectivity index is 1.33. The third-order valence-corrected chi connectivity index (χ3v) is 6.16. The van der Waals surface area contributed by atoms with E-state index in [4.69, 9.17) is 21.7 Å². The lowest BCUT2D eigenvalue weighted by molar-refractivity contribution is 0.102. The molecule has 1 aromatic heterocycles. The maximum Gasteiger partial charge on any atom is 0.262 e. The van der Waals surface area contributed by atoms with Crippen molar-refractivity contribution in [2.24, 2.45) is 0 Å². The minimum Gasteiger partial charge on any atom is -0.497 e. The van der Waals surface area contributed by atoms with Gasteiger partial charge in [0.25, 0.3) is 11.5 Å². The van der Waals surface area contributed by atoms with Crippen LogP contribution in [0.2, 0.25) is 0 Å². The Hall–Kier alpha value is -4.69. The molecule has 8 heteroatoms. The molecule has 1 heterocycles. The lowest BCUT2D eigenvalue weighted by atomic mass is 10.1. The molecule has 4 aromatic carbocycles. The maximum absolute atomic E-state index is 13.2. The molecule has 0 spiro atoms. The first-order chi connectivity index (χ1) is 18.0. The number of nitrogens with one attached hydrogen (secondary N) is 2. The first-order valence-electron chi connectivity index (χ1n) is 11.5. The second-order valence-electron chi connectivity index (χ2n) is 8.32. The van der Waals surface area contributed by atoms with Crippen molar-refractivity contribution in [2.75, 3.05) is 12.4 Å². The molecular weight excluding hydrogens is 486 g/mol.